The van der Waals surface area contributed by atoms with Crippen LogP contribution in [0.25, 0.3) is 0 Å². The van der Waals surface area contributed by atoms with Gasteiger partial charge in [-0.15, -0.1) is 0 Å². The zero-order valence-corrected chi connectivity index (χ0v) is 9.34. The molecule has 0 saturated heterocycles. The van der Waals surface area contributed by atoms with E-state index in [1.807, 2.05) is 19.1 Å². The predicted octanol–water partition coefficient (Wildman–Crippen LogP) is 1.19. The molecule has 2 N–H and O–H groups in total. The number of carbonyl (C=O) groups is 1. The molecule has 0 fully saturated rings. The van der Waals surface area contributed by atoms with Crippen LogP contribution < -0.4 is 10.9 Å². The van der Waals surface area contributed by atoms with Crippen LogP contribution in [0.3, 0.4) is 0 Å². The minimum absolute atomic E-state index is 0.210. The Morgan fingerprint density at radius 2 is 2.00 bits per heavy atom. The fourth-order valence-corrected chi connectivity index (χ4v) is 1.31. The van der Waals surface area contributed by atoms with E-state index in [0.29, 0.717) is 5.56 Å². The average Bonchev–Trinajstić information content (AvgIpc) is 2.90. The average molecular weight is 228 g/mol. The van der Waals surface area contributed by atoms with E-state index in [1.165, 1.54) is 0 Å². The van der Waals surface area contributed by atoms with E-state index in [0.717, 1.165) is 11.4 Å². The summed E-state index contributed by atoms with van der Waals surface area (Å²) in [6, 6.07) is 3.29. The third-order valence-electron chi connectivity index (χ3n) is 2.24. The quantitative estimate of drug-likeness (QED) is 0.764. The molecule has 2 heterocycles. The van der Waals surface area contributed by atoms with Gasteiger partial charge in [0.25, 0.3) is 5.91 Å². The van der Waals surface area contributed by atoms with Gasteiger partial charge in [0.2, 0.25) is 0 Å². The van der Waals surface area contributed by atoms with Crippen LogP contribution in [-0.2, 0) is 0 Å². The zero-order chi connectivity index (χ0) is 12.1. The molecule has 1 aromatic heterocycles. The van der Waals surface area contributed by atoms with Crippen molar-refractivity contribution in [2.24, 2.45) is 4.99 Å². The number of aliphatic imine (C=N–C) groups is 1. The SMILES string of the molecule is C/C(NNC(=O)c1ccncc1)=C1/C=CC=N1. The highest BCUT2D eigenvalue weighted by Gasteiger charge is 2.05. The Kier molecular flexibility index (Phi) is 3.30. The van der Waals surface area contributed by atoms with Crippen LogP contribution in [0.2, 0.25) is 0 Å². The van der Waals surface area contributed by atoms with Gasteiger partial charge in [-0.1, -0.05) is 0 Å². The molecule has 1 aromatic rings. The second-order valence-electron chi connectivity index (χ2n) is 3.46. The lowest BCUT2D eigenvalue weighted by Crippen LogP contribution is -2.36. The summed E-state index contributed by atoms with van der Waals surface area (Å²) in [4.78, 5) is 19.6. The molecule has 0 atom stereocenters. The summed E-state index contributed by atoms with van der Waals surface area (Å²) in [5.41, 5.74) is 7.56. The van der Waals surface area contributed by atoms with Crippen molar-refractivity contribution in [3.8, 4) is 0 Å². The molecule has 1 amide bonds. The lowest BCUT2D eigenvalue weighted by atomic mass is 10.2. The summed E-state index contributed by atoms with van der Waals surface area (Å²) in [5, 5.41) is 0. The molecule has 5 heteroatoms. The van der Waals surface area contributed by atoms with E-state index in [1.54, 1.807) is 30.7 Å². The number of hydrazine groups is 1. The first kappa shape index (κ1) is 11.1. The predicted molar refractivity (Wildman–Crippen MR) is 65.2 cm³/mol. The Morgan fingerprint density at radius 3 is 2.65 bits per heavy atom. The molecule has 0 aliphatic carbocycles. The Balaban J connectivity index is 1.95. The van der Waals surface area contributed by atoms with Gasteiger partial charge in [0, 0.05) is 24.2 Å². The van der Waals surface area contributed by atoms with Gasteiger partial charge in [-0.25, -0.2) is 0 Å². The Labute approximate surface area is 98.9 Å². The number of aromatic nitrogens is 1. The summed E-state index contributed by atoms with van der Waals surface area (Å²) in [6.07, 6.45) is 8.55. The van der Waals surface area contributed by atoms with E-state index in [4.69, 9.17) is 0 Å². The van der Waals surface area contributed by atoms with Gasteiger partial charge in [-0.3, -0.25) is 20.2 Å². The van der Waals surface area contributed by atoms with Crippen LogP contribution in [0, 0.1) is 0 Å². The van der Waals surface area contributed by atoms with Gasteiger partial charge < -0.3 is 5.43 Å². The molecular weight excluding hydrogens is 216 g/mol. The minimum atomic E-state index is -0.210. The lowest BCUT2D eigenvalue weighted by molar-refractivity contribution is 0.0938. The molecule has 5 nitrogen and oxygen atoms in total. The summed E-state index contributed by atoms with van der Waals surface area (Å²) < 4.78 is 0. The van der Waals surface area contributed by atoms with Gasteiger partial charge in [0.1, 0.15) is 0 Å². The molecule has 0 unspecified atom stereocenters. The van der Waals surface area contributed by atoms with Crippen molar-refractivity contribution in [1.29, 1.82) is 0 Å². The smallest absolute Gasteiger partial charge is 0.269 e. The zero-order valence-electron chi connectivity index (χ0n) is 9.34. The summed E-state index contributed by atoms with van der Waals surface area (Å²) in [6.45, 7) is 1.84. The van der Waals surface area contributed by atoms with Crippen molar-refractivity contribution in [3.63, 3.8) is 0 Å². The van der Waals surface area contributed by atoms with Crippen LogP contribution in [0.1, 0.15) is 17.3 Å². The topological polar surface area (TPSA) is 66.4 Å². The van der Waals surface area contributed by atoms with E-state index < -0.39 is 0 Å². The molecule has 0 radical (unpaired) electrons. The molecule has 17 heavy (non-hydrogen) atoms. The number of pyridine rings is 1. The first-order chi connectivity index (χ1) is 8.27. The van der Waals surface area contributed by atoms with E-state index in [-0.39, 0.29) is 5.91 Å². The lowest BCUT2D eigenvalue weighted by Gasteiger charge is -2.09. The fourth-order valence-electron chi connectivity index (χ4n) is 1.31. The largest absolute Gasteiger partial charge is 0.301 e. The maximum Gasteiger partial charge on any atom is 0.269 e. The van der Waals surface area contributed by atoms with Crippen LogP contribution >= 0.6 is 0 Å². The van der Waals surface area contributed by atoms with Crippen LogP contribution in [-0.4, -0.2) is 17.1 Å². The monoisotopic (exact) mass is 228 g/mol. The van der Waals surface area contributed by atoms with Gasteiger partial charge in [0.05, 0.1) is 11.4 Å². The number of hydrogen-bond acceptors (Lipinski definition) is 4. The highest BCUT2D eigenvalue weighted by molar-refractivity contribution is 5.93. The molecule has 86 valence electrons. The van der Waals surface area contributed by atoms with Gasteiger partial charge in [0.15, 0.2) is 0 Å². The van der Waals surface area contributed by atoms with Crippen molar-refractivity contribution in [2.45, 2.75) is 6.92 Å². The molecule has 0 aromatic carbocycles. The number of nitrogens with one attached hydrogen (secondary N) is 2. The van der Waals surface area contributed by atoms with E-state index in [2.05, 4.69) is 20.8 Å². The second kappa shape index (κ2) is 5.07. The molecule has 2 rings (SSSR count). The van der Waals surface area contributed by atoms with Crippen LogP contribution in [0.4, 0.5) is 0 Å². The molecule has 1 aliphatic rings. The molecule has 0 bridgehead atoms. The summed E-state index contributed by atoms with van der Waals surface area (Å²) >= 11 is 0. The fraction of sp³-hybridized carbons (Fsp3) is 0.0833. The van der Waals surface area contributed by atoms with Crippen LogP contribution in [0.15, 0.2) is 53.1 Å². The first-order valence-electron chi connectivity index (χ1n) is 5.15. The normalized spacial score (nSPS) is 15.8. The summed E-state index contributed by atoms with van der Waals surface area (Å²) in [5.74, 6) is -0.210. The van der Waals surface area contributed by atoms with E-state index in [9.17, 15) is 4.79 Å². The van der Waals surface area contributed by atoms with Crippen LogP contribution in [0.5, 0.6) is 0 Å². The van der Waals surface area contributed by atoms with E-state index >= 15 is 0 Å². The first-order valence-corrected chi connectivity index (χ1v) is 5.15. The maximum atomic E-state index is 11.7. The Morgan fingerprint density at radius 1 is 1.24 bits per heavy atom. The Bertz CT molecular complexity index is 488. The van der Waals surface area contributed by atoms with Crippen molar-refractivity contribution in [2.75, 3.05) is 0 Å². The standard InChI is InChI=1S/C12H12N4O/c1-9(11-3-2-6-14-11)15-16-12(17)10-4-7-13-8-5-10/h2-8,15H,1H3,(H,16,17)/b11-9+. The Hall–Kier alpha value is -2.43. The number of nitrogens with zero attached hydrogens (tertiary/aromatic N) is 2. The van der Waals surface area contributed by atoms with Gasteiger partial charge >= 0.3 is 0 Å². The maximum absolute atomic E-state index is 11.7. The highest BCUT2D eigenvalue weighted by Crippen LogP contribution is 2.07. The summed E-state index contributed by atoms with van der Waals surface area (Å²) in [7, 11) is 0. The van der Waals surface area contributed by atoms with Crippen molar-refractivity contribution >= 4 is 12.1 Å². The van der Waals surface area contributed by atoms with Crippen molar-refractivity contribution in [1.82, 2.24) is 15.8 Å². The number of hydrogen-bond donors (Lipinski definition) is 2. The molecule has 0 saturated carbocycles. The third-order valence-corrected chi connectivity index (χ3v) is 2.24. The van der Waals surface area contributed by atoms with Gasteiger partial charge in [-0.05, 0) is 31.2 Å². The van der Waals surface area contributed by atoms with Crippen molar-refractivity contribution < 1.29 is 4.79 Å². The molecular formula is C12H12N4O. The van der Waals surface area contributed by atoms with Gasteiger partial charge in [-0.2, -0.15) is 0 Å². The number of amides is 1. The number of rotatable bonds is 3. The highest BCUT2D eigenvalue weighted by atomic mass is 16.2. The minimum Gasteiger partial charge on any atom is -0.301 e. The number of carbonyl (C=O) groups excluding carboxylic acids is 1. The second-order valence-corrected chi connectivity index (χ2v) is 3.46. The van der Waals surface area contributed by atoms with Crippen molar-refractivity contribution in [3.05, 3.63) is 53.6 Å². The number of allylic oxidation sites excluding steroid dienone is 3. The third kappa shape index (κ3) is 2.78. The molecule has 0 spiro atoms. The molecule has 1 aliphatic heterocycles.